The number of carbonyl (C=O) groups excluding carboxylic acids is 1. The zero-order valence-electron chi connectivity index (χ0n) is 14.6. The van der Waals surface area contributed by atoms with E-state index in [1.807, 2.05) is 25.1 Å². The fourth-order valence-corrected chi connectivity index (χ4v) is 2.15. The number of aryl methyl sites for hydroxylation is 1. The van der Waals surface area contributed by atoms with Crippen molar-refractivity contribution in [3.05, 3.63) is 41.7 Å². The van der Waals surface area contributed by atoms with Gasteiger partial charge in [-0.1, -0.05) is 19.9 Å². The zero-order chi connectivity index (χ0) is 17.5. The molecule has 1 aromatic heterocycles. The van der Waals surface area contributed by atoms with Crippen molar-refractivity contribution in [3.8, 4) is 5.75 Å². The van der Waals surface area contributed by atoms with E-state index >= 15 is 0 Å². The van der Waals surface area contributed by atoms with Gasteiger partial charge in [0.25, 0.3) is 5.91 Å². The van der Waals surface area contributed by atoms with Crippen LogP contribution in [-0.2, 0) is 0 Å². The van der Waals surface area contributed by atoms with Gasteiger partial charge >= 0.3 is 0 Å². The molecular formula is C18H24N4O2. The first kappa shape index (κ1) is 17.7. The van der Waals surface area contributed by atoms with E-state index in [1.165, 1.54) is 0 Å². The molecule has 0 fully saturated rings. The quantitative estimate of drug-likeness (QED) is 0.813. The van der Waals surface area contributed by atoms with Gasteiger partial charge in [-0.15, -0.1) is 0 Å². The Balaban J connectivity index is 2.08. The Hall–Kier alpha value is -2.63. The Morgan fingerprint density at radius 1 is 1.29 bits per heavy atom. The van der Waals surface area contributed by atoms with E-state index < -0.39 is 0 Å². The first-order valence-electron chi connectivity index (χ1n) is 8.02. The molecule has 0 bridgehead atoms. The van der Waals surface area contributed by atoms with Crippen molar-refractivity contribution in [3.63, 3.8) is 0 Å². The van der Waals surface area contributed by atoms with Crippen LogP contribution in [0.25, 0.3) is 0 Å². The van der Waals surface area contributed by atoms with Gasteiger partial charge in [0.05, 0.1) is 12.8 Å². The molecule has 1 heterocycles. The molecule has 0 atom stereocenters. The summed E-state index contributed by atoms with van der Waals surface area (Å²) < 4.78 is 5.28. The highest BCUT2D eigenvalue weighted by molar-refractivity contribution is 6.03. The number of hydrogen-bond acceptors (Lipinski definition) is 5. The number of methoxy groups -OCH3 is 1. The summed E-state index contributed by atoms with van der Waals surface area (Å²) in [5.74, 6) is 1.36. The van der Waals surface area contributed by atoms with Gasteiger partial charge in [-0.2, -0.15) is 0 Å². The first-order valence-corrected chi connectivity index (χ1v) is 8.02. The lowest BCUT2D eigenvalue weighted by Crippen LogP contribution is -2.16. The van der Waals surface area contributed by atoms with E-state index in [0.717, 1.165) is 18.5 Å². The van der Waals surface area contributed by atoms with Crippen LogP contribution >= 0.6 is 0 Å². The van der Waals surface area contributed by atoms with Crippen LogP contribution in [0.3, 0.4) is 0 Å². The molecule has 0 aliphatic rings. The lowest BCUT2D eigenvalue weighted by atomic mass is 10.1. The molecule has 2 aromatic rings. The fourth-order valence-electron chi connectivity index (χ4n) is 2.15. The highest BCUT2D eigenvalue weighted by Crippen LogP contribution is 2.25. The summed E-state index contributed by atoms with van der Waals surface area (Å²) in [6.07, 6.45) is 2.59. The number of nitrogens with zero attached hydrogens (tertiary/aromatic N) is 2. The molecule has 0 aliphatic heterocycles. The minimum atomic E-state index is -0.298. The number of amides is 1. The molecule has 2 N–H and O–H groups in total. The Morgan fingerprint density at radius 2 is 2.08 bits per heavy atom. The van der Waals surface area contributed by atoms with E-state index in [2.05, 4.69) is 34.4 Å². The number of ether oxygens (including phenoxy) is 1. The summed E-state index contributed by atoms with van der Waals surface area (Å²) in [6, 6.07) is 7.20. The molecule has 0 radical (unpaired) electrons. The molecular weight excluding hydrogens is 304 g/mol. The van der Waals surface area contributed by atoms with Crippen molar-refractivity contribution in [2.24, 2.45) is 5.92 Å². The maximum Gasteiger partial charge on any atom is 0.274 e. The predicted octanol–water partition coefficient (Wildman–Crippen LogP) is 3.50. The minimum absolute atomic E-state index is 0.298. The van der Waals surface area contributed by atoms with Gasteiger partial charge in [-0.25, -0.2) is 9.97 Å². The minimum Gasteiger partial charge on any atom is -0.495 e. The summed E-state index contributed by atoms with van der Waals surface area (Å²) in [7, 11) is 1.57. The van der Waals surface area contributed by atoms with Crippen LogP contribution in [0.2, 0.25) is 0 Å². The van der Waals surface area contributed by atoms with Gasteiger partial charge in [0.2, 0.25) is 5.95 Å². The van der Waals surface area contributed by atoms with Crippen LogP contribution in [0.1, 0.15) is 36.3 Å². The normalized spacial score (nSPS) is 10.5. The number of benzene rings is 1. The second-order valence-corrected chi connectivity index (χ2v) is 6.03. The van der Waals surface area contributed by atoms with E-state index in [0.29, 0.717) is 29.0 Å². The second-order valence-electron chi connectivity index (χ2n) is 6.03. The maximum absolute atomic E-state index is 12.4. The van der Waals surface area contributed by atoms with Crippen LogP contribution in [0, 0.1) is 12.8 Å². The van der Waals surface area contributed by atoms with Gasteiger partial charge in [0, 0.05) is 12.7 Å². The molecule has 0 saturated heterocycles. The van der Waals surface area contributed by atoms with Crippen molar-refractivity contribution >= 4 is 17.5 Å². The van der Waals surface area contributed by atoms with Gasteiger partial charge in [0.1, 0.15) is 11.4 Å². The highest BCUT2D eigenvalue weighted by atomic mass is 16.5. The highest BCUT2D eigenvalue weighted by Gasteiger charge is 2.12. The molecule has 0 aliphatic carbocycles. The summed E-state index contributed by atoms with van der Waals surface area (Å²) in [6.45, 7) is 7.04. The Morgan fingerprint density at radius 3 is 2.79 bits per heavy atom. The van der Waals surface area contributed by atoms with Crippen molar-refractivity contribution in [1.82, 2.24) is 9.97 Å². The Bertz CT molecular complexity index is 701. The smallest absolute Gasteiger partial charge is 0.274 e. The Labute approximate surface area is 142 Å². The predicted molar refractivity (Wildman–Crippen MR) is 95.7 cm³/mol. The topological polar surface area (TPSA) is 76.1 Å². The number of anilines is 2. The number of rotatable bonds is 7. The summed E-state index contributed by atoms with van der Waals surface area (Å²) >= 11 is 0. The zero-order valence-corrected chi connectivity index (χ0v) is 14.6. The molecule has 0 spiro atoms. The second kappa shape index (κ2) is 8.29. The van der Waals surface area contributed by atoms with Crippen molar-refractivity contribution < 1.29 is 9.53 Å². The van der Waals surface area contributed by atoms with Gasteiger partial charge in [-0.3, -0.25) is 4.79 Å². The summed E-state index contributed by atoms with van der Waals surface area (Å²) in [5, 5.41) is 5.98. The SMILES string of the molecule is COc1ccc(C)cc1NC(=O)c1ccnc(NCCC(C)C)n1. The molecule has 2 rings (SSSR count). The molecule has 6 heteroatoms. The largest absolute Gasteiger partial charge is 0.495 e. The molecule has 6 nitrogen and oxygen atoms in total. The molecule has 128 valence electrons. The van der Waals surface area contributed by atoms with Crippen LogP contribution < -0.4 is 15.4 Å². The Kier molecular flexibility index (Phi) is 6.12. The molecule has 1 amide bonds. The van der Waals surface area contributed by atoms with E-state index in [4.69, 9.17) is 4.74 Å². The number of aromatic nitrogens is 2. The lowest BCUT2D eigenvalue weighted by Gasteiger charge is -2.11. The summed E-state index contributed by atoms with van der Waals surface area (Å²) in [5.41, 5.74) is 1.96. The number of carbonyl (C=O) groups is 1. The third-order valence-corrected chi connectivity index (χ3v) is 3.50. The number of hydrogen-bond donors (Lipinski definition) is 2. The maximum atomic E-state index is 12.4. The average Bonchev–Trinajstić information content (AvgIpc) is 2.55. The van der Waals surface area contributed by atoms with E-state index in [9.17, 15) is 4.79 Å². The first-order chi connectivity index (χ1) is 11.5. The standard InChI is InChI=1S/C18H24N4O2/c1-12(2)7-9-19-18-20-10-8-14(22-18)17(23)21-15-11-13(3)5-6-16(15)24-4/h5-6,8,10-12H,7,9H2,1-4H3,(H,21,23)(H,19,20,22). The van der Waals surface area contributed by atoms with E-state index in [-0.39, 0.29) is 5.91 Å². The molecule has 24 heavy (non-hydrogen) atoms. The third-order valence-electron chi connectivity index (χ3n) is 3.50. The van der Waals surface area contributed by atoms with Crippen molar-refractivity contribution in [2.45, 2.75) is 27.2 Å². The third kappa shape index (κ3) is 4.94. The summed E-state index contributed by atoms with van der Waals surface area (Å²) in [4.78, 5) is 20.9. The van der Waals surface area contributed by atoms with Crippen LogP contribution in [0.5, 0.6) is 5.75 Å². The molecule has 1 aromatic carbocycles. The fraction of sp³-hybridized carbons (Fsp3) is 0.389. The number of nitrogens with one attached hydrogen (secondary N) is 2. The van der Waals surface area contributed by atoms with Crippen molar-refractivity contribution in [2.75, 3.05) is 24.3 Å². The average molecular weight is 328 g/mol. The molecule has 0 unspecified atom stereocenters. The van der Waals surface area contributed by atoms with Crippen molar-refractivity contribution in [1.29, 1.82) is 0 Å². The van der Waals surface area contributed by atoms with Crippen LogP contribution in [0.4, 0.5) is 11.6 Å². The van der Waals surface area contributed by atoms with Crippen LogP contribution in [0.15, 0.2) is 30.5 Å². The van der Waals surface area contributed by atoms with Gasteiger partial charge in [-0.05, 0) is 43.0 Å². The lowest BCUT2D eigenvalue weighted by molar-refractivity contribution is 0.102. The van der Waals surface area contributed by atoms with Gasteiger partial charge in [0.15, 0.2) is 0 Å². The monoisotopic (exact) mass is 328 g/mol. The van der Waals surface area contributed by atoms with Crippen LogP contribution in [-0.4, -0.2) is 29.5 Å². The van der Waals surface area contributed by atoms with E-state index in [1.54, 1.807) is 19.4 Å². The molecule has 0 saturated carbocycles. The van der Waals surface area contributed by atoms with Gasteiger partial charge < -0.3 is 15.4 Å².